The zero-order valence-electron chi connectivity index (χ0n) is 6.05. The van der Waals surface area contributed by atoms with Crippen molar-refractivity contribution < 1.29 is 4.79 Å². The van der Waals surface area contributed by atoms with Crippen molar-refractivity contribution in [2.24, 2.45) is 17.6 Å². The highest BCUT2D eigenvalue weighted by atomic mass is 16.1. The summed E-state index contributed by atoms with van der Waals surface area (Å²) in [6, 6.07) is -0.104. The van der Waals surface area contributed by atoms with Gasteiger partial charge in [0, 0.05) is 5.92 Å². The van der Waals surface area contributed by atoms with E-state index in [2.05, 4.69) is 0 Å². The summed E-state index contributed by atoms with van der Waals surface area (Å²) >= 11 is 0. The van der Waals surface area contributed by atoms with E-state index < -0.39 is 0 Å². The molecule has 3 aliphatic carbocycles. The van der Waals surface area contributed by atoms with E-state index in [-0.39, 0.29) is 6.04 Å². The average Bonchev–Trinajstić information content (AvgIpc) is 2.00. The normalized spacial score (nSPS) is 46.1. The van der Waals surface area contributed by atoms with E-state index in [1.807, 2.05) is 0 Å². The van der Waals surface area contributed by atoms with Gasteiger partial charge in [-0.15, -0.1) is 0 Å². The molecule has 0 amide bonds. The number of hydrogen-bond donors (Lipinski definition) is 1. The molecule has 2 N–H and O–H groups in total. The Morgan fingerprint density at radius 1 is 1.20 bits per heavy atom. The van der Waals surface area contributed by atoms with Crippen LogP contribution in [0.4, 0.5) is 0 Å². The highest BCUT2D eigenvalue weighted by Gasteiger charge is 2.40. The molecule has 0 radical (unpaired) electrons. The molecule has 10 heavy (non-hydrogen) atoms. The summed E-state index contributed by atoms with van der Waals surface area (Å²) in [4.78, 5) is 11.3. The fraction of sp³-hybridized carbons (Fsp3) is 0.875. The molecule has 0 aromatic rings. The van der Waals surface area contributed by atoms with Crippen molar-refractivity contribution >= 4 is 5.78 Å². The van der Waals surface area contributed by atoms with Crippen LogP contribution >= 0.6 is 0 Å². The smallest absolute Gasteiger partial charge is 0.152 e. The van der Waals surface area contributed by atoms with E-state index >= 15 is 0 Å². The molecule has 3 rings (SSSR count). The van der Waals surface area contributed by atoms with Crippen LogP contribution in [0.3, 0.4) is 0 Å². The van der Waals surface area contributed by atoms with Crippen LogP contribution in [0, 0.1) is 11.8 Å². The van der Waals surface area contributed by atoms with E-state index in [0.29, 0.717) is 17.6 Å². The van der Waals surface area contributed by atoms with Gasteiger partial charge in [-0.25, -0.2) is 0 Å². The SMILES string of the molecule is NC1C(=O)C2CCC1CC2. The van der Waals surface area contributed by atoms with Crippen molar-refractivity contribution in [3.8, 4) is 0 Å². The third kappa shape index (κ3) is 0.717. The first kappa shape index (κ1) is 6.35. The summed E-state index contributed by atoms with van der Waals surface area (Å²) in [6.45, 7) is 0. The van der Waals surface area contributed by atoms with Crippen LogP contribution in [0.1, 0.15) is 25.7 Å². The van der Waals surface area contributed by atoms with Crippen LogP contribution in [0.5, 0.6) is 0 Å². The van der Waals surface area contributed by atoms with Crippen LogP contribution in [-0.2, 0) is 4.79 Å². The van der Waals surface area contributed by atoms with Gasteiger partial charge in [-0.05, 0) is 31.6 Å². The molecule has 0 spiro atoms. The van der Waals surface area contributed by atoms with Crippen LogP contribution < -0.4 is 5.73 Å². The molecular weight excluding hydrogens is 126 g/mol. The maximum absolute atomic E-state index is 11.3. The highest BCUT2D eigenvalue weighted by Crippen LogP contribution is 2.37. The molecule has 2 bridgehead atoms. The molecule has 0 saturated heterocycles. The molecule has 2 nitrogen and oxygen atoms in total. The minimum absolute atomic E-state index is 0.104. The van der Waals surface area contributed by atoms with Crippen LogP contribution in [0.2, 0.25) is 0 Å². The van der Waals surface area contributed by atoms with Crippen molar-refractivity contribution in [3.05, 3.63) is 0 Å². The molecule has 0 heterocycles. The number of nitrogens with two attached hydrogens (primary N) is 1. The molecular formula is C8H13NO. The lowest BCUT2D eigenvalue weighted by molar-refractivity contribution is -0.131. The molecule has 2 heteroatoms. The first-order chi connectivity index (χ1) is 4.79. The lowest BCUT2D eigenvalue weighted by Gasteiger charge is -2.38. The van der Waals surface area contributed by atoms with Crippen molar-refractivity contribution in [2.75, 3.05) is 0 Å². The summed E-state index contributed by atoms with van der Waals surface area (Å²) < 4.78 is 0. The number of Topliss-reactive ketones (excluding diaryl/α,β-unsaturated/α-hetero) is 1. The molecule has 1 atom stereocenters. The molecule has 3 fully saturated rings. The Bertz CT molecular complexity index is 155. The first-order valence-electron chi connectivity index (χ1n) is 4.08. The Morgan fingerprint density at radius 3 is 2.10 bits per heavy atom. The number of ketones is 1. The van der Waals surface area contributed by atoms with E-state index in [0.717, 1.165) is 12.8 Å². The predicted octanol–water partition coefficient (Wildman–Crippen LogP) is 0.703. The minimum Gasteiger partial charge on any atom is -0.321 e. The summed E-state index contributed by atoms with van der Waals surface area (Å²) in [5.74, 6) is 1.19. The van der Waals surface area contributed by atoms with Gasteiger partial charge in [0.2, 0.25) is 0 Å². The summed E-state index contributed by atoms with van der Waals surface area (Å²) in [5.41, 5.74) is 5.71. The van der Waals surface area contributed by atoms with Crippen LogP contribution in [0.15, 0.2) is 0 Å². The standard InChI is InChI=1S/C8H13NO/c9-7-5-1-3-6(4-2-5)8(7)10/h5-7H,1-4,9H2. The van der Waals surface area contributed by atoms with Crippen molar-refractivity contribution in [3.63, 3.8) is 0 Å². The Labute approximate surface area is 60.8 Å². The second-order valence-corrected chi connectivity index (χ2v) is 3.54. The fourth-order valence-electron chi connectivity index (χ4n) is 2.27. The minimum atomic E-state index is -0.104. The lowest BCUT2D eigenvalue weighted by Crippen LogP contribution is -2.49. The predicted molar refractivity (Wildman–Crippen MR) is 38.4 cm³/mol. The molecule has 0 aliphatic heterocycles. The van der Waals surface area contributed by atoms with Crippen molar-refractivity contribution in [1.29, 1.82) is 0 Å². The average molecular weight is 139 g/mol. The molecule has 3 saturated carbocycles. The topological polar surface area (TPSA) is 43.1 Å². The molecule has 0 aromatic carbocycles. The van der Waals surface area contributed by atoms with Gasteiger partial charge in [-0.3, -0.25) is 4.79 Å². The van der Waals surface area contributed by atoms with E-state index in [4.69, 9.17) is 5.73 Å². The summed E-state index contributed by atoms with van der Waals surface area (Å²) in [7, 11) is 0. The van der Waals surface area contributed by atoms with Gasteiger partial charge in [0.25, 0.3) is 0 Å². The van der Waals surface area contributed by atoms with E-state index in [9.17, 15) is 4.79 Å². The zero-order valence-corrected chi connectivity index (χ0v) is 6.05. The Balaban J connectivity index is 2.20. The molecule has 56 valence electrons. The third-order valence-corrected chi connectivity index (χ3v) is 3.01. The van der Waals surface area contributed by atoms with Gasteiger partial charge in [0.1, 0.15) is 0 Å². The zero-order chi connectivity index (χ0) is 7.14. The maximum Gasteiger partial charge on any atom is 0.152 e. The fourth-order valence-corrected chi connectivity index (χ4v) is 2.27. The van der Waals surface area contributed by atoms with E-state index in [1.54, 1.807) is 0 Å². The number of fused-ring (bicyclic) bond motifs is 3. The van der Waals surface area contributed by atoms with E-state index in [1.165, 1.54) is 12.8 Å². The lowest BCUT2D eigenvalue weighted by atomic mass is 9.67. The number of carbonyl (C=O) groups excluding carboxylic acids is 1. The number of hydrogen-bond acceptors (Lipinski definition) is 2. The van der Waals surface area contributed by atoms with Crippen LogP contribution in [0.25, 0.3) is 0 Å². The Morgan fingerprint density at radius 2 is 1.80 bits per heavy atom. The van der Waals surface area contributed by atoms with Gasteiger partial charge >= 0.3 is 0 Å². The monoisotopic (exact) mass is 139 g/mol. The molecule has 0 aromatic heterocycles. The van der Waals surface area contributed by atoms with Crippen molar-refractivity contribution in [1.82, 2.24) is 0 Å². The Hall–Kier alpha value is -0.370. The van der Waals surface area contributed by atoms with Gasteiger partial charge in [0.05, 0.1) is 6.04 Å². The number of carbonyl (C=O) groups is 1. The quantitative estimate of drug-likeness (QED) is 0.537. The van der Waals surface area contributed by atoms with Crippen LogP contribution in [-0.4, -0.2) is 11.8 Å². The first-order valence-corrected chi connectivity index (χ1v) is 4.08. The summed E-state index contributed by atoms with van der Waals surface area (Å²) in [5, 5.41) is 0. The van der Waals surface area contributed by atoms with Gasteiger partial charge in [-0.2, -0.15) is 0 Å². The second-order valence-electron chi connectivity index (χ2n) is 3.54. The van der Waals surface area contributed by atoms with Crippen molar-refractivity contribution in [2.45, 2.75) is 31.7 Å². The maximum atomic E-state index is 11.3. The largest absolute Gasteiger partial charge is 0.321 e. The highest BCUT2D eigenvalue weighted by molar-refractivity contribution is 5.87. The van der Waals surface area contributed by atoms with Gasteiger partial charge < -0.3 is 5.73 Å². The number of rotatable bonds is 0. The van der Waals surface area contributed by atoms with Gasteiger partial charge in [0.15, 0.2) is 5.78 Å². The Kier molecular flexibility index (Phi) is 1.31. The summed E-state index contributed by atoms with van der Waals surface area (Å²) in [6.07, 6.45) is 4.60. The molecule has 1 unspecified atom stereocenters. The second kappa shape index (κ2) is 2.06. The van der Waals surface area contributed by atoms with Gasteiger partial charge in [-0.1, -0.05) is 0 Å². The molecule has 3 aliphatic rings. The third-order valence-electron chi connectivity index (χ3n) is 3.01.